The fourth-order valence-electron chi connectivity index (χ4n) is 0.381. The molecule has 2 nitrogen and oxygen atoms in total. The Hall–Kier alpha value is 0.230. The van der Waals surface area contributed by atoms with Gasteiger partial charge in [0.25, 0.3) is 0 Å². The van der Waals surface area contributed by atoms with E-state index >= 15 is 0 Å². The monoisotopic (exact) mass is 274 g/mol. The number of rotatable bonds is 3. The Morgan fingerprint density at radius 2 is 2.50 bits per heavy atom. The number of halogens is 2. The molecular weight excluding hydrogens is 266 g/mol. The maximum atomic E-state index is 10.5. The molecule has 0 aromatic rings. The van der Waals surface area contributed by atoms with E-state index in [1.165, 1.54) is 0 Å². The molecule has 0 spiro atoms. The quantitative estimate of drug-likeness (QED) is 0.447. The Morgan fingerprint density at radius 3 is 2.90 bits per heavy atom. The molecule has 10 heavy (non-hydrogen) atoms. The van der Waals surface area contributed by atoms with Crippen LogP contribution >= 0.6 is 34.2 Å². The lowest BCUT2D eigenvalue weighted by Gasteiger charge is -2.05. The number of ether oxygens (including phenoxy) is 1. The first-order valence-corrected chi connectivity index (χ1v) is 4.51. The maximum absolute atomic E-state index is 10.5. The summed E-state index contributed by atoms with van der Waals surface area (Å²) in [6, 6.07) is 0. The zero-order valence-corrected chi connectivity index (χ0v) is 8.43. The van der Waals surface area contributed by atoms with Crippen molar-refractivity contribution in [1.29, 1.82) is 0 Å². The van der Waals surface area contributed by atoms with Crippen molar-refractivity contribution in [2.45, 2.75) is 13.0 Å². The molecule has 0 aliphatic carbocycles. The van der Waals surface area contributed by atoms with E-state index in [0.717, 1.165) is 0 Å². The Bertz CT molecular complexity index is 136. The van der Waals surface area contributed by atoms with Crippen LogP contribution < -0.4 is 0 Å². The number of esters is 1. The highest BCUT2D eigenvalue weighted by atomic mass is 127. The molecule has 0 aliphatic heterocycles. The number of hydrogen-bond donors (Lipinski definition) is 0. The first kappa shape index (κ1) is 10.2. The van der Waals surface area contributed by atoms with Crippen LogP contribution in [0.2, 0.25) is 0 Å². The summed E-state index contributed by atoms with van der Waals surface area (Å²) < 4.78 is 6.57. The predicted molar refractivity (Wildman–Crippen MR) is 49.4 cm³/mol. The van der Waals surface area contributed by atoms with Crippen molar-refractivity contribution < 1.29 is 9.53 Å². The topological polar surface area (TPSA) is 26.3 Å². The van der Waals surface area contributed by atoms with Gasteiger partial charge in [0.2, 0.25) is 0 Å². The zero-order valence-electron chi connectivity index (χ0n) is 5.51. The largest absolute Gasteiger partial charge is 0.458 e. The molecule has 0 N–H and O–H groups in total. The average Bonchev–Trinajstić information content (AvgIpc) is 1.88. The Morgan fingerprint density at radius 1 is 1.90 bits per heavy atom. The fourth-order valence-corrected chi connectivity index (χ4v) is 1.03. The van der Waals surface area contributed by atoms with Crippen molar-refractivity contribution in [3.63, 3.8) is 0 Å². The summed E-state index contributed by atoms with van der Waals surface area (Å²) in [6.07, 6.45) is 1.59. The van der Waals surface area contributed by atoms with E-state index in [-0.39, 0.29) is 18.0 Å². The number of carbonyl (C=O) groups is 1. The molecule has 4 heteroatoms. The lowest BCUT2D eigenvalue weighted by molar-refractivity contribution is -0.142. The summed E-state index contributed by atoms with van der Waals surface area (Å²) in [5, 5.41) is 0. The van der Waals surface area contributed by atoms with Crippen LogP contribution in [0, 0.1) is 0 Å². The van der Waals surface area contributed by atoms with E-state index < -0.39 is 0 Å². The molecular formula is C6H8ClIO2. The zero-order chi connectivity index (χ0) is 7.98. The van der Waals surface area contributed by atoms with Gasteiger partial charge in [0.15, 0.2) is 0 Å². The standard InChI is InChI=1S/C6H8ClIO2/c1-5(2-3-8)10-6(9)4-7/h2-3,5H,4H2,1H3/b3-2+/t5-/m0/s1. The molecule has 0 unspecified atom stereocenters. The normalized spacial score (nSPS) is 13.5. The second-order valence-corrected chi connectivity index (χ2v) is 2.63. The highest BCUT2D eigenvalue weighted by molar-refractivity contribution is 14.1. The van der Waals surface area contributed by atoms with Gasteiger partial charge >= 0.3 is 5.97 Å². The second kappa shape index (κ2) is 5.97. The molecule has 0 saturated heterocycles. The van der Waals surface area contributed by atoms with Gasteiger partial charge in [0.05, 0.1) is 0 Å². The third-order valence-corrected chi connectivity index (χ3v) is 1.40. The molecule has 58 valence electrons. The van der Waals surface area contributed by atoms with Crippen molar-refractivity contribution in [2.24, 2.45) is 0 Å². The van der Waals surface area contributed by atoms with E-state index in [9.17, 15) is 4.79 Å². The number of carbonyl (C=O) groups excluding carboxylic acids is 1. The van der Waals surface area contributed by atoms with E-state index in [1.54, 1.807) is 17.1 Å². The molecule has 0 rings (SSSR count). The van der Waals surface area contributed by atoms with Crippen LogP contribution in [-0.4, -0.2) is 18.0 Å². The predicted octanol–water partition coefficient (Wildman–Crippen LogP) is 2.11. The summed E-state index contributed by atoms with van der Waals surface area (Å²) in [6.45, 7) is 1.78. The van der Waals surface area contributed by atoms with E-state index in [1.807, 2.05) is 0 Å². The Balaban J connectivity index is 3.57. The average molecular weight is 274 g/mol. The third-order valence-electron chi connectivity index (χ3n) is 0.770. The smallest absolute Gasteiger partial charge is 0.321 e. The minimum Gasteiger partial charge on any atom is -0.458 e. The van der Waals surface area contributed by atoms with Crippen LogP contribution in [0.5, 0.6) is 0 Å². The minimum atomic E-state index is -0.385. The van der Waals surface area contributed by atoms with Crippen molar-refractivity contribution in [2.75, 3.05) is 5.88 Å². The molecule has 0 aromatic heterocycles. The number of alkyl halides is 1. The first-order valence-electron chi connectivity index (χ1n) is 2.73. The minimum absolute atomic E-state index is 0.0839. The van der Waals surface area contributed by atoms with Crippen molar-refractivity contribution in [3.05, 3.63) is 10.2 Å². The van der Waals surface area contributed by atoms with Crippen LogP contribution in [0.4, 0.5) is 0 Å². The van der Waals surface area contributed by atoms with Crippen LogP contribution in [-0.2, 0) is 9.53 Å². The number of hydrogen-bond acceptors (Lipinski definition) is 2. The van der Waals surface area contributed by atoms with Gasteiger partial charge in [-0.3, -0.25) is 4.79 Å². The van der Waals surface area contributed by atoms with Crippen LogP contribution in [0.25, 0.3) is 0 Å². The van der Waals surface area contributed by atoms with Crippen LogP contribution in [0.3, 0.4) is 0 Å². The summed E-state index contributed by atoms with van der Waals surface area (Å²) >= 11 is 7.25. The van der Waals surface area contributed by atoms with Gasteiger partial charge in [-0.05, 0) is 17.1 Å². The summed E-state index contributed by atoms with van der Waals surface area (Å²) in [7, 11) is 0. The molecule has 0 aromatic carbocycles. The molecule has 0 bridgehead atoms. The van der Waals surface area contributed by atoms with Gasteiger partial charge in [-0.15, -0.1) is 11.6 Å². The van der Waals surface area contributed by atoms with Crippen LogP contribution in [0.1, 0.15) is 6.92 Å². The first-order chi connectivity index (χ1) is 4.70. The molecule has 0 saturated carbocycles. The SMILES string of the molecule is C[C@@H](/C=C/I)OC(=O)CCl. The summed E-state index contributed by atoms with van der Waals surface area (Å²) in [4.78, 5) is 10.5. The maximum Gasteiger partial charge on any atom is 0.321 e. The molecule has 0 fully saturated rings. The van der Waals surface area contributed by atoms with E-state index in [4.69, 9.17) is 16.3 Å². The van der Waals surface area contributed by atoms with Crippen LogP contribution in [0.15, 0.2) is 10.2 Å². The third kappa shape index (κ3) is 5.05. The van der Waals surface area contributed by atoms with Gasteiger partial charge in [-0.25, -0.2) is 0 Å². The highest BCUT2D eigenvalue weighted by Crippen LogP contribution is 1.97. The van der Waals surface area contributed by atoms with Gasteiger partial charge in [-0.1, -0.05) is 22.6 Å². The van der Waals surface area contributed by atoms with Crippen molar-refractivity contribution in [3.8, 4) is 0 Å². The molecule has 1 atom stereocenters. The summed E-state index contributed by atoms with van der Waals surface area (Å²) in [5.41, 5.74) is 0. The van der Waals surface area contributed by atoms with Gasteiger partial charge < -0.3 is 4.74 Å². The van der Waals surface area contributed by atoms with Crippen molar-refractivity contribution >= 4 is 40.2 Å². The fraction of sp³-hybridized carbons (Fsp3) is 0.500. The lowest BCUT2D eigenvalue weighted by Crippen LogP contribution is -2.13. The summed E-state index contributed by atoms with van der Waals surface area (Å²) in [5.74, 6) is -0.469. The molecule has 0 amide bonds. The van der Waals surface area contributed by atoms with Gasteiger partial charge in [0.1, 0.15) is 12.0 Å². The van der Waals surface area contributed by atoms with E-state index in [2.05, 4.69) is 22.6 Å². The Kier molecular flexibility index (Phi) is 6.11. The van der Waals surface area contributed by atoms with Gasteiger partial charge in [0, 0.05) is 0 Å². The Labute approximate surface area is 78.7 Å². The van der Waals surface area contributed by atoms with Gasteiger partial charge in [-0.2, -0.15) is 0 Å². The second-order valence-electron chi connectivity index (χ2n) is 1.65. The molecule has 0 aliphatic rings. The highest BCUT2D eigenvalue weighted by Gasteiger charge is 2.02. The van der Waals surface area contributed by atoms with Crippen molar-refractivity contribution in [1.82, 2.24) is 0 Å². The molecule has 0 radical (unpaired) electrons. The van der Waals surface area contributed by atoms with E-state index in [0.29, 0.717) is 0 Å². The molecule has 0 heterocycles. The lowest BCUT2D eigenvalue weighted by atomic mass is 10.4.